The molecule has 1 heterocycles. The number of nitrogens with zero attached hydrogens (tertiary/aromatic N) is 2. The second-order valence-corrected chi connectivity index (χ2v) is 9.66. The zero-order chi connectivity index (χ0) is 23.1. The Bertz CT molecular complexity index is 611. The maximum absolute atomic E-state index is 11.4. The van der Waals surface area contributed by atoms with Gasteiger partial charge in [0.1, 0.15) is 11.4 Å². The van der Waals surface area contributed by atoms with Crippen LogP contribution in [0.3, 0.4) is 0 Å². The third-order valence-electron chi connectivity index (χ3n) is 5.15. The Morgan fingerprint density at radius 3 is 1.72 bits per heavy atom. The molecule has 168 valence electrons. The Hall–Kier alpha value is -1.83. The summed E-state index contributed by atoms with van der Waals surface area (Å²) in [6, 6.07) is 0. The molecule has 1 aliphatic heterocycles. The molecule has 1 aliphatic rings. The number of rotatable bonds is 9. The number of aliphatic hydroxyl groups excluding tert-OH is 1. The topological polar surface area (TPSA) is 115 Å². The Balaban J connectivity index is 0.000000541. The summed E-state index contributed by atoms with van der Waals surface area (Å²) >= 11 is 0. The minimum Gasteiger partial charge on any atom is -0.469 e. The van der Waals surface area contributed by atoms with Crippen LogP contribution in [0.15, 0.2) is 10.2 Å². The van der Waals surface area contributed by atoms with Crippen molar-refractivity contribution in [1.29, 1.82) is 0 Å². The first-order valence-corrected chi connectivity index (χ1v) is 9.86. The monoisotopic (exact) mass is 414 g/mol. The third kappa shape index (κ3) is 9.47. The lowest BCUT2D eigenvalue weighted by Gasteiger charge is -2.28. The van der Waals surface area contributed by atoms with E-state index in [1.807, 2.05) is 48.5 Å². The summed E-state index contributed by atoms with van der Waals surface area (Å²) in [7, 11) is 1.36. The molecule has 8 heteroatoms. The first-order valence-electron chi connectivity index (χ1n) is 9.86. The van der Waals surface area contributed by atoms with Gasteiger partial charge in [-0.15, -0.1) is 0 Å². The van der Waals surface area contributed by atoms with Crippen molar-refractivity contribution in [1.82, 2.24) is 0 Å². The fourth-order valence-corrected chi connectivity index (χ4v) is 2.31. The molecule has 0 atom stereocenters. The second kappa shape index (κ2) is 10.3. The fourth-order valence-electron chi connectivity index (χ4n) is 2.31. The van der Waals surface area contributed by atoms with Crippen LogP contribution in [0, 0.1) is 10.8 Å². The minimum atomic E-state index is -0.680. The summed E-state index contributed by atoms with van der Waals surface area (Å²) in [5.41, 5.74) is -1.86. The smallest absolute Gasteiger partial charge is 0.306 e. The van der Waals surface area contributed by atoms with Gasteiger partial charge in [0, 0.05) is 23.7 Å². The minimum absolute atomic E-state index is 0.0961. The number of Topliss-reactive ketones (excluding diaryl/α,β-unsaturated/α-hetero) is 1. The number of methoxy groups -OCH3 is 1. The van der Waals surface area contributed by atoms with E-state index in [1.54, 1.807) is 6.92 Å². The van der Waals surface area contributed by atoms with E-state index in [2.05, 4.69) is 15.0 Å². The first-order chi connectivity index (χ1) is 13.0. The third-order valence-corrected chi connectivity index (χ3v) is 5.15. The van der Waals surface area contributed by atoms with Gasteiger partial charge < -0.3 is 14.6 Å². The Morgan fingerprint density at radius 1 is 0.897 bits per heavy atom. The Labute approximate surface area is 174 Å². The highest BCUT2D eigenvalue weighted by Crippen LogP contribution is 2.47. The van der Waals surface area contributed by atoms with E-state index in [0.29, 0.717) is 25.7 Å². The van der Waals surface area contributed by atoms with Crippen molar-refractivity contribution in [3.8, 4) is 0 Å². The van der Waals surface area contributed by atoms with Crippen molar-refractivity contribution in [2.45, 2.75) is 92.3 Å². The summed E-state index contributed by atoms with van der Waals surface area (Å²) in [4.78, 5) is 33.6. The number of aliphatic hydroxyl groups is 1. The molecule has 0 aliphatic carbocycles. The van der Waals surface area contributed by atoms with E-state index in [0.717, 1.165) is 0 Å². The van der Waals surface area contributed by atoms with E-state index < -0.39 is 16.7 Å². The van der Waals surface area contributed by atoms with Crippen LogP contribution in [-0.2, 0) is 23.9 Å². The average Bonchev–Trinajstić information content (AvgIpc) is 3.39. The molecule has 0 aromatic rings. The second-order valence-electron chi connectivity index (χ2n) is 9.66. The summed E-state index contributed by atoms with van der Waals surface area (Å²) in [6.07, 6.45) is 1.77. The molecule has 0 aromatic heterocycles. The van der Waals surface area contributed by atoms with Gasteiger partial charge in [-0.1, -0.05) is 27.7 Å². The number of ether oxygens (including phenoxy) is 2. The van der Waals surface area contributed by atoms with Crippen molar-refractivity contribution in [2.75, 3.05) is 13.7 Å². The van der Waals surface area contributed by atoms with Crippen LogP contribution in [-0.4, -0.2) is 47.8 Å². The van der Waals surface area contributed by atoms with Gasteiger partial charge in [0.2, 0.25) is 5.66 Å². The SMILES string of the molecule is CC(=O)C(C)(C)CCC(=O)OC(C)(C)C.COC(=O)CCC(C)(C)C1(CO)N=N1. The lowest BCUT2D eigenvalue weighted by atomic mass is 9.78. The van der Waals surface area contributed by atoms with Crippen LogP contribution in [0.5, 0.6) is 0 Å². The molecule has 29 heavy (non-hydrogen) atoms. The highest BCUT2D eigenvalue weighted by atomic mass is 16.6. The Kier molecular flexibility index (Phi) is 9.63. The average molecular weight is 415 g/mol. The largest absolute Gasteiger partial charge is 0.469 e. The zero-order valence-corrected chi connectivity index (χ0v) is 19.4. The van der Waals surface area contributed by atoms with Gasteiger partial charge in [0.15, 0.2) is 0 Å². The predicted octanol–water partition coefficient (Wildman–Crippen LogP) is 3.84. The van der Waals surface area contributed by atoms with Gasteiger partial charge >= 0.3 is 11.9 Å². The molecule has 0 unspecified atom stereocenters. The van der Waals surface area contributed by atoms with Gasteiger partial charge in [-0.25, -0.2) is 0 Å². The number of ketones is 1. The molecule has 0 amide bonds. The van der Waals surface area contributed by atoms with Crippen LogP contribution in [0.1, 0.15) is 81.1 Å². The highest BCUT2D eigenvalue weighted by Gasteiger charge is 2.53. The molecule has 1 rings (SSSR count). The summed E-state index contributed by atoms with van der Waals surface area (Å²) in [5, 5.41) is 16.8. The number of carbonyl (C=O) groups excluding carboxylic acids is 3. The summed E-state index contributed by atoms with van der Waals surface area (Å²) in [5.74, 6) is -0.380. The van der Waals surface area contributed by atoms with Crippen molar-refractivity contribution in [3.05, 3.63) is 0 Å². The van der Waals surface area contributed by atoms with E-state index in [1.165, 1.54) is 7.11 Å². The first kappa shape index (κ1) is 27.2. The molecule has 0 spiro atoms. The maximum Gasteiger partial charge on any atom is 0.306 e. The molecule has 0 saturated carbocycles. The zero-order valence-electron chi connectivity index (χ0n) is 19.4. The number of hydrogen-bond donors (Lipinski definition) is 1. The van der Waals surface area contributed by atoms with Crippen LogP contribution < -0.4 is 0 Å². The number of esters is 2. The molecule has 0 bridgehead atoms. The molecule has 0 aromatic carbocycles. The van der Waals surface area contributed by atoms with E-state index in [-0.39, 0.29) is 29.7 Å². The fraction of sp³-hybridized carbons (Fsp3) is 0.857. The predicted molar refractivity (Wildman–Crippen MR) is 109 cm³/mol. The number of hydrogen-bond acceptors (Lipinski definition) is 8. The van der Waals surface area contributed by atoms with Gasteiger partial charge in [0.05, 0.1) is 13.7 Å². The normalized spacial score (nSPS) is 15.1. The lowest BCUT2D eigenvalue weighted by molar-refractivity contribution is -0.155. The molecule has 0 radical (unpaired) electrons. The van der Waals surface area contributed by atoms with Crippen LogP contribution in [0.4, 0.5) is 0 Å². The number of carbonyl (C=O) groups is 3. The van der Waals surface area contributed by atoms with E-state index >= 15 is 0 Å². The van der Waals surface area contributed by atoms with Gasteiger partial charge in [0.25, 0.3) is 0 Å². The van der Waals surface area contributed by atoms with Gasteiger partial charge in [-0.05, 0) is 40.5 Å². The van der Waals surface area contributed by atoms with Crippen molar-refractivity contribution < 1.29 is 29.0 Å². The molecular weight excluding hydrogens is 376 g/mol. The van der Waals surface area contributed by atoms with Crippen molar-refractivity contribution in [3.63, 3.8) is 0 Å². The molecule has 0 saturated heterocycles. The lowest BCUT2D eigenvalue weighted by Crippen LogP contribution is -2.36. The highest BCUT2D eigenvalue weighted by molar-refractivity contribution is 5.82. The van der Waals surface area contributed by atoms with Gasteiger partial charge in [-0.2, -0.15) is 10.2 Å². The molecule has 1 N–H and O–H groups in total. The van der Waals surface area contributed by atoms with Crippen molar-refractivity contribution in [2.24, 2.45) is 21.1 Å². The van der Waals surface area contributed by atoms with Crippen LogP contribution >= 0.6 is 0 Å². The summed E-state index contributed by atoms with van der Waals surface area (Å²) in [6.45, 7) is 14.5. The molecule has 8 nitrogen and oxygen atoms in total. The van der Waals surface area contributed by atoms with E-state index in [9.17, 15) is 14.4 Å². The quantitative estimate of drug-likeness (QED) is 0.573. The van der Waals surface area contributed by atoms with E-state index in [4.69, 9.17) is 9.84 Å². The van der Waals surface area contributed by atoms with Crippen LogP contribution in [0.25, 0.3) is 0 Å². The summed E-state index contributed by atoms with van der Waals surface area (Å²) < 4.78 is 9.71. The van der Waals surface area contributed by atoms with Gasteiger partial charge in [-0.3, -0.25) is 14.4 Å². The standard InChI is InChI=1S/C12H22O3.C9H16N2O3/c1-9(13)12(5,6)8-7-10(14)15-11(2,3)4;1-8(2,5-4-7(13)14-3)9(6-12)10-11-9/h7-8H2,1-6H3;12H,4-6H2,1-3H3. The maximum atomic E-state index is 11.4. The van der Waals surface area contributed by atoms with Crippen molar-refractivity contribution >= 4 is 17.7 Å². The Morgan fingerprint density at radius 2 is 1.38 bits per heavy atom. The molecular formula is C21H38N2O6. The molecule has 0 fully saturated rings. The van der Waals surface area contributed by atoms with Crippen LogP contribution in [0.2, 0.25) is 0 Å².